The van der Waals surface area contributed by atoms with E-state index in [0.29, 0.717) is 5.92 Å². The highest BCUT2D eigenvalue weighted by molar-refractivity contribution is 9.10. The topological polar surface area (TPSA) is 73.6 Å². The van der Waals surface area contributed by atoms with Crippen LogP contribution in [0.5, 0.6) is 5.75 Å². The Morgan fingerprint density at radius 3 is 2.83 bits per heavy atom. The molecule has 0 amide bonds. The van der Waals surface area contributed by atoms with E-state index < -0.39 is 5.97 Å². The van der Waals surface area contributed by atoms with E-state index in [1.165, 1.54) is 0 Å². The number of rotatable bonds is 6. The molecule has 6 heteroatoms. The number of ether oxygens (including phenoxy) is 1. The minimum absolute atomic E-state index is 0.137. The Labute approximate surface area is 115 Å². The molecule has 1 aromatic carbocycles. The second kappa shape index (κ2) is 7.35. The van der Waals surface area contributed by atoms with Gasteiger partial charge in [-0.05, 0) is 29.7 Å². The van der Waals surface area contributed by atoms with Crippen molar-refractivity contribution in [3.8, 4) is 5.75 Å². The van der Waals surface area contributed by atoms with Crippen molar-refractivity contribution < 1.29 is 14.4 Å². The molecule has 0 unspecified atom stereocenters. The number of carbonyl (C=O) groups excluding carboxylic acids is 1. The minimum atomic E-state index is -0.458. The predicted octanol–water partition coefficient (Wildman–Crippen LogP) is 2.26. The summed E-state index contributed by atoms with van der Waals surface area (Å²) in [5.41, 5.74) is 2.93. The fourth-order valence-electron chi connectivity index (χ4n) is 1.46. The molecule has 0 saturated heterocycles. The molecular weight excluding hydrogens is 300 g/mol. The molecule has 100 valence electrons. The monoisotopic (exact) mass is 316 g/mol. The third-order valence-electron chi connectivity index (χ3n) is 2.33. The Hall–Kier alpha value is -1.11. The van der Waals surface area contributed by atoms with Gasteiger partial charge in [0.25, 0.3) is 0 Å². The van der Waals surface area contributed by atoms with Crippen molar-refractivity contribution in [1.82, 2.24) is 5.59 Å². The molecule has 0 aliphatic carbocycles. The maximum atomic E-state index is 11.1. The third-order valence-corrected chi connectivity index (χ3v) is 2.82. The van der Waals surface area contributed by atoms with Gasteiger partial charge in [-0.2, -0.15) is 0 Å². The average molecular weight is 317 g/mol. The number of hydrazine groups is 1. The number of nitrogens with two attached hydrogens (primary N) is 1. The van der Waals surface area contributed by atoms with Crippen molar-refractivity contribution in [2.24, 2.45) is 5.84 Å². The lowest BCUT2D eigenvalue weighted by Crippen LogP contribution is -2.27. The smallest absolute Gasteiger partial charge is 0.329 e. The Balaban J connectivity index is 2.59. The molecule has 0 fully saturated rings. The van der Waals surface area contributed by atoms with E-state index in [1.54, 1.807) is 0 Å². The van der Waals surface area contributed by atoms with Crippen molar-refractivity contribution in [2.45, 2.75) is 26.2 Å². The zero-order chi connectivity index (χ0) is 13.5. The van der Waals surface area contributed by atoms with Crippen LogP contribution in [0, 0.1) is 0 Å². The van der Waals surface area contributed by atoms with Gasteiger partial charge >= 0.3 is 5.97 Å². The molecule has 5 nitrogen and oxygen atoms in total. The molecule has 0 aliphatic heterocycles. The van der Waals surface area contributed by atoms with E-state index in [1.807, 2.05) is 23.8 Å². The molecule has 0 heterocycles. The lowest BCUT2D eigenvalue weighted by Gasteiger charge is -2.14. The standard InChI is InChI=1S/C12H17BrN2O3/c1-8(2)10-7-9(13)3-4-11(10)17-6-5-12(16)18-15-14/h3-4,7-8,15H,5-6,14H2,1-2H3. The number of hydrogen-bond donors (Lipinski definition) is 2. The molecule has 0 atom stereocenters. The second-order valence-electron chi connectivity index (χ2n) is 4.03. The first-order valence-electron chi connectivity index (χ1n) is 5.62. The van der Waals surface area contributed by atoms with E-state index in [2.05, 4.69) is 34.6 Å². The summed E-state index contributed by atoms with van der Waals surface area (Å²) in [6.07, 6.45) is 0.137. The third kappa shape index (κ3) is 4.64. The lowest BCUT2D eigenvalue weighted by molar-refractivity contribution is -0.151. The molecular formula is C12H17BrN2O3. The highest BCUT2D eigenvalue weighted by Crippen LogP contribution is 2.29. The number of carbonyl (C=O) groups is 1. The second-order valence-corrected chi connectivity index (χ2v) is 4.94. The number of halogens is 1. The van der Waals surface area contributed by atoms with Gasteiger partial charge in [0.2, 0.25) is 0 Å². The minimum Gasteiger partial charge on any atom is -0.493 e. The van der Waals surface area contributed by atoms with Gasteiger partial charge in [-0.15, -0.1) is 0 Å². The average Bonchev–Trinajstić information content (AvgIpc) is 2.31. The van der Waals surface area contributed by atoms with Crippen LogP contribution in [0.2, 0.25) is 0 Å². The van der Waals surface area contributed by atoms with Crippen molar-refractivity contribution in [3.05, 3.63) is 28.2 Å². The van der Waals surface area contributed by atoms with Gasteiger partial charge in [-0.25, -0.2) is 5.84 Å². The first-order chi connectivity index (χ1) is 8.54. The van der Waals surface area contributed by atoms with Crippen molar-refractivity contribution in [2.75, 3.05) is 6.61 Å². The van der Waals surface area contributed by atoms with E-state index in [4.69, 9.17) is 10.6 Å². The fourth-order valence-corrected chi connectivity index (χ4v) is 1.84. The van der Waals surface area contributed by atoms with Crippen LogP contribution in [0.1, 0.15) is 31.7 Å². The normalized spacial score (nSPS) is 10.5. The molecule has 0 aromatic heterocycles. The summed E-state index contributed by atoms with van der Waals surface area (Å²) < 4.78 is 6.59. The Bertz CT molecular complexity index is 410. The summed E-state index contributed by atoms with van der Waals surface area (Å²) >= 11 is 3.42. The predicted molar refractivity (Wildman–Crippen MR) is 71.8 cm³/mol. The van der Waals surface area contributed by atoms with Gasteiger partial charge in [0.1, 0.15) is 5.75 Å². The van der Waals surface area contributed by atoms with Gasteiger partial charge in [0.05, 0.1) is 13.0 Å². The van der Waals surface area contributed by atoms with Gasteiger partial charge in [0.15, 0.2) is 0 Å². The summed E-state index contributed by atoms with van der Waals surface area (Å²) in [6, 6.07) is 5.80. The maximum absolute atomic E-state index is 11.1. The van der Waals surface area contributed by atoms with Crippen LogP contribution < -0.4 is 16.2 Å². The molecule has 3 N–H and O–H groups in total. The van der Waals surface area contributed by atoms with Gasteiger partial charge in [-0.1, -0.05) is 35.4 Å². The summed E-state index contributed by atoms with van der Waals surface area (Å²) in [5, 5.41) is 0. The van der Waals surface area contributed by atoms with E-state index >= 15 is 0 Å². The molecule has 1 aromatic rings. The summed E-state index contributed by atoms with van der Waals surface area (Å²) in [4.78, 5) is 15.4. The first kappa shape index (κ1) is 14.9. The molecule has 0 saturated carbocycles. The highest BCUT2D eigenvalue weighted by Gasteiger charge is 2.09. The van der Waals surface area contributed by atoms with Crippen molar-refractivity contribution in [1.29, 1.82) is 0 Å². The van der Waals surface area contributed by atoms with Crippen LogP contribution in [0.4, 0.5) is 0 Å². The molecule has 0 radical (unpaired) electrons. The SMILES string of the molecule is CC(C)c1cc(Br)ccc1OCCC(=O)ONN. The number of hydrogen-bond acceptors (Lipinski definition) is 5. The summed E-state index contributed by atoms with van der Waals surface area (Å²) in [7, 11) is 0. The molecule has 0 spiro atoms. The number of benzene rings is 1. The van der Waals surface area contributed by atoms with Crippen molar-refractivity contribution in [3.63, 3.8) is 0 Å². The first-order valence-corrected chi connectivity index (χ1v) is 6.41. The van der Waals surface area contributed by atoms with Crippen LogP contribution in [0.3, 0.4) is 0 Å². The molecule has 0 bridgehead atoms. The Morgan fingerprint density at radius 2 is 2.22 bits per heavy atom. The van der Waals surface area contributed by atoms with Crippen LogP contribution in [0.25, 0.3) is 0 Å². The maximum Gasteiger partial charge on any atom is 0.329 e. The zero-order valence-corrected chi connectivity index (χ0v) is 12.0. The van der Waals surface area contributed by atoms with Crippen LogP contribution in [-0.2, 0) is 9.63 Å². The fraction of sp³-hybridized carbons (Fsp3) is 0.417. The van der Waals surface area contributed by atoms with E-state index in [0.717, 1.165) is 15.8 Å². The Kier molecular flexibility index (Phi) is 6.11. The van der Waals surface area contributed by atoms with Gasteiger partial charge in [-0.3, -0.25) is 4.79 Å². The van der Waals surface area contributed by atoms with Crippen LogP contribution in [0.15, 0.2) is 22.7 Å². The van der Waals surface area contributed by atoms with Crippen molar-refractivity contribution >= 4 is 21.9 Å². The molecule has 0 aliphatic rings. The summed E-state index contributed by atoms with van der Waals surface area (Å²) in [5.74, 6) is 5.52. The largest absolute Gasteiger partial charge is 0.493 e. The van der Waals surface area contributed by atoms with E-state index in [9.17, 15) is 4.79 Å². The number of nitrogens with one attached hydrogen (secondary N) is 1. The van der Waals surface area contributed by atoms with Gasteiger partial charge < -0.3 is 9.57 Å². The summed E-state index contributed by atoms with van der Waals surface area (Å²) in [6.45, 7) is 4.42. The van der Waals surface area contributed by atoms with E-state index in [-0.39, 0.29) is 13.0 Å². The highest BCUT2D eigenvalue weighted by atomic mass is 79.9. The lowest BCUT2D eigenvalue weighted by atomic mass is 10.0. The quantitative estimate of drug-likeness (QED) is 0.622. The van der Waals surface area contributed by atoms with Crippen LogP contribution in [-0.4, -0.2) is 12.6 Å². The zero-order valence-electron chi connectivity index (χ0n) is 10.4. The molecule has 1 rings (SSSR count). The van der Waals surface area contributed by atoms with Crippen LogP contribution >= 0.6 is 15.9 Å². The molecule has 18 heavy (non-hydrogen) atoms. The van der Waals surface area contributed by atoms with Gasteiger partial charge in [0, 0.05) is 4.47 Å². The Morgan fingerprint density at radius 1 is 1.50 bits per heavy atom.